The van der Waals surface area contributed by atoms with E-state index in [1.807, 2.05) is 4.90 Å². The van der Waals surface area contributed by atoms with Crippen molar-refractivity contribution in [3.8, 4) is 0 Å². The van der Waals surface area contributed by atoms with Crippen LogP contribution >= 0.6 is 0 Å². The molecule has 4 saturated carbocycles. The Bertz CT molecular complexity index is 510. The molecule has 0 aromatic heterocycles. The lowest BCUT2D eigenvalue weighted by molar-refractivity contribution is -0.170. The number of carboxylic acid groups (broad SMARTS) is 1. The van der Waals surface area contributed by atoms with Crippen molar-refractivity contribution in [1.29, 1.82) is 0 Å². The molecular weight excluding hydrogens is 266 g/mol. The van der Waals surface area contributed by atoms with Gasteiger partial charge >= 0.3 is 5.97 Å². The molecule has 0 spiro atoms. The van der Waals surface area contributed by atoms with Crippen LogP contribution in [0.15, 0.2) is 0 Å². The summed E-state index contributed by atoms with van der Waals surface area (Å²) in [6.07, 6.45) is 7.37. The van der Waals surface area contributed by atoms with Crippen LogP contribution in [0.5, 0.6) is 0 Å². The van der Waals surface area contributed by atoms with E-state index < -0.39 is 11.9 Å². The van der Waals surface area contributed by atoms with Gasteiger partial charge in [-0.2, -0.15) is 0 Å². The molecule has 5 rings (SSSR count). The Morgan fingerprint density at radius 1 is 1.14 bits per heavy atom. The van der Waals surface area contributed by atoms with E-state index in [1.54, 1.807) is 0 Å². The molecule has 0 aromatic carbocycles. The van der Waals surface area contributed by atoms with E-state index >= 15 is 0 Å². The summed E-state index contributed by atoms with van der Waals surface area (Å²) in [6.45, 7) is 5.21. The quantitative estimate of drug-likeness (QED) is 0.851. The Balaban J connectivity index is 1.68. The molecule has 1 heterocycles. The van der Waals surface area contributed by atoms with E-state index in [0.29, 0.717) is 17.4 Å². The Morgan fingerprint density at radius 3 is 2.24 bits per heavy atom. The van der Waals surface area contributed by atoms with Gasteiger partial charge in [0.25, 0.3) is 0 Å². The Morgan fingerprint density at radius 2 is 1.76 bits per heavy atom. The number of rotatable bonds is 2. The molecule has 1 aliphatic heterocycles. The van der Waals surface area contributed by atoms with Crippen LogP contribution in [0.25, 0.3) is 0 Å². The zero-order valence-corrected chi connectivity index (χ0v) is 13.0. The maximum Gasteiger partial charge on any atom is 0.308 e. The third kappa shape index (κ3) is 1.87. The van der Waals surface area contributed by atoms with Gasteiger partial charge in [0, 0.05) is 18.5 Å². The number of carboxylic acids is 1. The third-order valence-corrected chi connectivity index (χ3v) is 6.64. The predicted molar refractivity (Wildman–Crippen MR) is 77.6 cm³/mol. The van der Waals surface area contributed by atoms with Crippen molar-refractivity contribution in [2.45, 2.75) is 64.3 Å². The van der Waals surface area contributed by atoms with Crippen molar-refractivity contribution in [2.24, 2.45) is 22.7 Å². The highest BCUT2D eigenvalue weighted by molar-refractivity contribution is 5.86. The molecule has 1 amide bonds. The maximum absolute atomic E-state index is 12.5. The van der Waals surface area contributed by atoms with E-state index in [1.165, 1.54) is 19.3 Å². The normalized spacial score (nSPS) is 51.7. The lowest BCUT2D eigenvalue weighted by Gasteiger charge is -2.67. The maximum atomic E-state index is 12.5. The van der Waals surface area contributed by atoms with Crippen LogP contribution in [0.2, 0.25) is 0 Å². The van der Waals surface area contributed by atoms with Crippen molar-refractivity contribution >= 4 is 11.9 Å². The summed E-state index contributed by atoms with van der Waals surface area (Å²) in [5.41, 5.74) is 0.676. The van der Waals surface area contributed by atoms with Gasteiger partial charge in [0.15, 0.2) is 0 Å². The second kappa shape index (κ2) is 3.82. The summed E-state index contributed by atoms with van der Waals surface area (Å²) in [5, 5.41) is 9.25. The van der Waals surface area contributed by atoms with Gasteiger partial charge in [-0.05, 0) is 55.3 Å². The van der Waals surface area contributed by atoms with Gasteiger partial charge in [0.05, 0.1) is 5.92 Å². The van der Waals surface area contributed by atoms with Gasteiger partial charge in [0.2, 0.25) is 5.91 Å². The highest BCUT2D eigenvalue weighted by atomic mass is 16.4. The molecule has 0 radical (unpaired) electrons. The average molecular weight is 291 g/mol. The van der Waals surface area contributed by atoms with Crippen LogP contribution in [-0.2, 0) is 9.59 Å². The number of hydrogen-bond acceptors (Lipinski definition) is 2. The Kier molecular flexibility index (Phi) is 2.47. The second-order valence-electron chi connectivity index (χ2n) is 9.10. The molecule has 4 aliphatic carbocycles. The monoisotopic (exact) mass is 291 g/mol. The number of aliphatic carboxylic acids is 1. The standard InChI is InChI=1S/C17H25NO3/c1-15-4-11-5-16(2,8-15)10-17(6-11,9-15)18-7-12(14(20)21)3-13(18)19/h11-12H,3-10H2,1-2H3,(H,20,21)/t11?,12-,15-,16-,17?/m1/s1. The summed E-state index contributed by atoms with van der Waals surface area (Å²) in [6, 6.07) is 0. The summed E-state index contributed by atoms with van der Waals surface area (Å²) < 4.78 is 0. The molecule has 116 valence electrons. The largest absolute Gasteiger partial charge is 0.481 e. The molecule has 4 nitrogen and oxygen atoms in total. The topological polar surface area (TPSA) is 57.6 Å². The van der Waals surface area contributed by atoms with E-state index in [9.17, 15) is 14.7 Å². The summed E-state index contributed by atoms with van der Waals surface area (Å²) >= 11 is 0. The van der Waals surface area contributed by atoms with Gasteiger partial charge in [0.1, 0.15) is 0 Å². The molecule has 21 heavy (non-hydrogen) atoms. The Labute approximate surface area is 125 Å². The van der Waals surface area contributed by atoms with Crippen LogP contribution in [0.4, 0.5) is 0 Å². The van der Waals surface area contributed by atoms with Gasteiger partial charge < -0.3 is 10.0 Å². The molecule has 1 saturated heterocycles. The van der Waals surface area contributed by atoms with E-state index in [2.05, 4.69) is 13.8 Å². The SMILES string of the molecule is C[C@]12CC3CC(N4C[C@H](C(=O)O)CC4=O)(C1)C[C@](C)(C3)C2. The summed E-state index contributed by atoms with van der Waals surface area (Å²) in [4.78, 5) is 25.7. The van der Waals surface area contributed by atoms with Gasteiger partial charge in [-0.25, -0.2) is 0 Å². The van der Waals surface area contributed by atoms with E-state index in [4.69, 9.17) is 0 Å². The molecule has 5 fully saturated rings. The second-order valence-corrected chi connectivity index (χ2v) is 9.10. The molecule has 3 atom stereocenters. The highest BCUT2D eigenvalue weighted by Crippen LogP contribution is 2.68. The number of nitrogens with zero attached hydrogens (tertiary/aromatic N) is 1. The van der Waals surface area contributed by atoms with Crippen molar-refractivity contribution < 1.29 is 14.7 Å². The minimum atomic E-state index is -0.812. The molecule has 4 heteroatoms. The number of carbonyl (C=O) groups is 2. The van der Waals surface area contributed by atoms with Crippen molar-refractivity contribution in [3.63, 3.8) is 0 Å². The van der Waals surface area contributed by atoms with Crippen LogP contribution < -0.4 is 0 Å². The molecular formula is C17H25NO3. The van der Waals surface area contributed by atoms with Crippen LogP contribution in [0, 0.1) is 22.7 Å². The van der Waals surface area contributed by atoms with Gasteiger partial charge in [-0.3, -0.25) is 9.59 Å². The van der Waals surface area contributed by atoms with Gasteiger partial charge in [-0.15, -0.1) is 0 Å². The number of amides is 1. The zero-order chi connectivity index (χ0) is 15.0. The van der Waals surface area contributed by atoms with Crippen molar-refractivity contribution in [3.05, 3.63) is 0 Å². The fourth-order valence-electron chi connectivity index (χ4n) is 7.02. The summed E-state index contributed by atoms with van der Waals surface area (Å²) in [7, 11) is 0. The lowest BCUT2D eigenvalue weighted by Crippen LogP contribution is -2.65. The molecule has 4 bridgehead atoms. The van der Waals surface area contributed by atoms with Crippen LogP contribution in [-0.4, -0.2) is 34.0 Å². The van der Waals surface area contributed by atoms with Crippen LogP contribution in [0.1, 0.15) is 58.8 Å². The first kappa shape index (κ1) is 13.6. The number of hydrogen-bond donors (Lipinski definition) is 1. The van der Waals surface area contributed by atoms with Gasteiger partial charge in [-0.1, -0.05) is 13.8 Å². The molecule has 0 unspecified atom stereocenters. The minimum Gasteiger partial charge on any atom is -0.481 e. The first-order valence-electron chi connectivity index (χ1n) is 8.26. The van der Waals surface area contributed by atoms with E-state index in [-0.39, 0.29) is 17.9 Å². The molecule has 5 aliphatic rings. The van der Waals surface area contributed by atoms with Crippen molar-refractivity contribution in [2.75, 3.05) is 6.54 Å². The first-order valence-corrected chi connectivity index (χ1v) is 8.26. The fraction of sp³-hybridized carbons (Fsp3) is 0.882. The van der Waals surface area contributed by atoms with E-state index in [0.717, 1.165) is 25.2 Å². The lowest BCUT2D eigenvalue weighted by atomic mass is 9.42. The molecule has 1 N–H and O–H groups in total. The smallest absolute Gasteiger partial charge is 0.308 e. The fourth-order valence-corrected chi connectivity index (χ4v) is 7.02. The number of carbonyl (C=O) groups excluding carboxylic acids is 1. The highest BCUT2D eigenvalue weighted by Gasteiger charge is 2.63. The Hall–Kier alpha value is -1.06. The number of likely N-dealkylation sites (tertiary alicyclic amines) is 1. The van der Waals surface area contributed by atoms with Crippen LogP contribution in [0.3, 0.4) is 0 Å². The third-order valence-electron chi connectivity index (χ3n) is 6.64. The zero-order valence-electron chi connectivity index (χ0n) is 13.0. The van der Waals surface area contributed by atoms with Crippen molar-refractivity contribution in [1.82, 2.24) is 4.90 Å². The average Bonchev–Trinajstić information content (AvgIpc) is 2.67. The predicted octanol–water partition coefficient (Wildman–Crippen LogP) is 2.67. The minimum absolute atomic E-state index is 0.0375. The molecule has 0 aromatic rings. The summed E-state index contributed by atoms with van der Waals surface area (Å²) in [5.74, 6) is -0.497. The first-order chi connectivity index (χ1) is 9.73.